The maximum Gasteiger partial charge on any atom is 0.253 e. The van der Waals surface area contributed by atoms with Crippen LogP contribution in [0.25, 0.3) is 10.9 Å². The van der Waals surface area contributed by atoms with Gasteiger partial charge in [0.25, 0.3) is 5.91 Å². The predicted molar refractivity (Wildman–Crippen MR) is 77.3 cm³/mol. The normalized spacial score (nSPS) is 16.7. The predicted octanol–water partition coefficient (Wildman–Crippen LogP) is 3.24. The molecular weight excluding hydrogens is 236 g/mol. The third kappa shape index (κ3) is 2.37. The van der Waals surface area contributed by atoms with E-state index in [9.17, 15) is 4.79 Å². The number of aromatic nitrogens is 1. The number of hydrogen-bond donors (Lipinski definition) is 1. The number of amides is 1. The lowest BCUT2D eigenvalue weighted by atomic mass is 9.95. The van der Waals surface area contributed by atoms with Gasteiger partial charge in [-0.2, -0.15) is 0 Å². The number of rotatable bonds is 2. The lowest BCUT2D eigenvalue weighted by Gasteiger charge is -2.22. The lowest BCUT2D eigenvalue weighted by Crippen LogP contribution is -2.36. The zero-order chi connectivity index (χ0) is 13.2. The summed E-state index contributed by atoms with van der Waals surface area (Å²) in [6, 6.07) is 8.42. The lowest BCUT2D eigenvalue weighted by molar-refractivity contribution is 0.0929. The molecule has 2 aromatic rings. The first kappa shape index (κ1) is 12.3. The van der Waals surface area contributed by atoms with E-state index in [4.69, 9.17) is 0 Å². The molecule has 3 rings (SSSR count). The fraction of sp³-hybridized carbons (Fsp3) is 0.438. The summed E-state index contributed by atoms with van der Waals surface area (Å²) in [5, 5.41) is 4.23. The fourth-order valence-corrected chi connectivity index (χ4v) is 3.03. The van der Waals surface area contributed by atoms with E-state index in [-0.39, 0.29) is 5.91 Å². The minimum absolute atomic E-state index is 0.0729. The Labute approximate surface area is 113 Å². The van der Waals surface area contributed by atoms with Gasteiger partial charge in [-0.25, -0.2) is 0 Å². The summed E-state index contributed by atoms with van der Waals surface area (Å²) in [5.41, 5.74) is 1.90. The highest BCUT2D eigenvalue weighted by molar-refractivity contribution is 6.07. The third-order valence-electron chi connectivity index (χ3n) is 4.08. The van der Waals surface area contributed by atoms with Crippen LogP contribution in [0.3, 0.4) is 0 Å². The van der Waals surface area contributed by atoms with Crippen LogP contribution >= 0.6 is 0 Å². The highest BCUT2D eigenvalue weighted by Crippen LogP contribution is 2.22. The van der Waals surface area contributed by atoms with Crippen LogP contribution < -0.4 is 5.32 Å². The quantitative estimate of drug-likeness (QED) is 0.879. The second-order valence-electron chi connectivity index (χ2n) is 5.48. The van der Waals surface area contributed by atoms with Crippen molar-refractivity contribution in [2.45, 2.75) is 38.1 Å². The summed E-state index contributed by atoms with van der Waals surface area (Å²) in [4.78, 5) is 12.4. The molecule has 1 amide bonds. The Morgan fingerprint density at radius 1 is 1.21 bits per heavy atom. The number of nitrogens with one attached hydrogen (secondary N) is 1. The highest BCUT2D eigenvalue weighted by Gasteiger charge is 2.19. The van der Waals surface area contributed by atoms with Gasteiger partial charge < -0.3 is 9.88 Å². The van der Waals surface area contributed by atoms with E-state index >= 15 is 0 Å². The van der Waals surface area contributed by atoms with Crippen molar-refractivity contribution < 1.29 is 4.79 Å². The first-order valence-electron chi connectivity index (χ1n) is 7.10. The fourth-order valence-electron chi connectivity index (χ4n) is 3.03. The monoisotopic (exact) mass is 256 g/mol. The maximum atomic E-state index is 12.4. The van der Waals surface area contributed by atoms with Crippen LogP contribution in [0.5, 0.6) is 0 Å². The van der Waals surface area contributed by atoms with Crippen molar-refractivity contribution in [1.29, 1.82) is 0 Å². The minimum atomic E-state index is 0.0729. The summed E-state index contributed by atoms with van der Waals surface area (Å²) < 4.78 is 2.02. The van der Waals surface area contributed by atoms with Crippen LogP contribution in [0.15, 0.2) is 30.5 Å². The number of carbonyl (C=O) groups excluding carboxylic acids is 1. The molecule has 1 N–H and O–H groups in total. The van der Waals surface area contributed by atoms with Gasteiger partial charge in [-0.3, -0.25) is 4.79 Å². The van der Waals surface area contributed by atoms with Crippen molar-refractivity contribution in [3.8, 4) is 0 Å². The second kappa shape index (κ2) is 5.08. The van der Waals surface area contributed by atoms with E-state index in [0.717, 1.165) is 29.3 Å². The summed E-state index contributed by atoms with van der Waals surface area (Å²) >= 11 is 0. The largest absolute Gasteiger partial charge is 0.350 e. The molecule has 0 bridgehead atoms. The summed E-state index contributed by atoms with van der Waals surface area (Å²) in [6.45, 7) is 0. The van der Waals surface area contributed by atoms with Crippen LogP contribution in [-0.4, -0.2) is 16.5 Å². The molecule has 1 aliphatic carbocycles. The first-order chi connectivity index (χ1) is 9.25. The van der Waals surface area contributed by atoms with Gasteiger partial charge in [0.15, 0.2) is 0 Å². The van der Waals surface area contributed by atoms with Gasteiger partial charge in [-0.15, -0.1) is 0 Å². The van der Waals surface area contributed by atoms with E-state index in [0.29, 0.717) is 6.04 Å². The number of hydrogen-bond acceptors (Lipinski definition) is 1. The smallest absolute Gasteiger partial charge is 0.253 e. The van der Waals surface area contributed by atoms with Crippen LogP contribution in [0.2, 0.25) is 0 Å². The Morgan fingerprint density at radius 3 is 2.74 bits per heavy atom. The van der Waals surface area contributed by atoms with E-state index in [1.54, 1.807) is 0 Å². The number of benzene rings is 1. The summed E-state index contributed by atoms with van der Waals surface area (Å²) in [6.07, 6.45) is 7.96. The Bertz CT molecular complexity index is 594. The molecule has 100 valence electrons. The molecule has 0 spiro atoms. The Kier molecular flexibility index (Phi) is 3.28. The Hall–Kier alpha value is -1.77. The van der Waals surface area contributed by atoms with Crippen LogP contribution in [0, 0.1) is 0 Å². The van der Waals surface area contributed by atoms with Gasteiger partial charge in [-0.05, 0) is 18.9 Å². The molecule has 0 aliphatic heterocycles. The molecule has 3 nitrogen and oxygen atoms in total. The van der Waals surface area contributed by atoms with E-state index in [2.05, 4.69) is 5.32 Å². The molecule has 1 heterocycles. The maximum absolute atomic E-state index is 12.4. The van der Waals surface area contributed by atoms with E-state index < -0.39 is 0 Å². The second-order valence-corrected chi connectivity index (χ2v) is 5.48. The topological polar surface area (TPSA) is 34.0 Å². The summed E-state index contributed by atoms with van der Waals surface area (Å²) in [5.74, 6) is 0.0729. The molecule has 1 aromatic carbocycles. The molecule has 1 aliphatic rings. The van der Waals surface area contributed by atoms with Crippen molar-refractivity contribution in [2.75, 3.05) is 0 Å². The van der Waals surface area contributed by atoms with Gasteiger partial charge in [0.1, 0.15) is 0 Å². The first-order valence-corrected chi connectivity index (χ1v) is 7.10. The van der Waals surface area contributed by atoms with E-state index in [1.807, 2.05) is 42.1 Å². The third-order valence-corrected chi connectivity index (χ3v) is 4.08. The van der Waals surface area contributed by atoms with E-state index in [1.165, 1.54) is 19.3 Å². The average Bonchev–Trinajstić information content (AvgIpc) is 2.78. The van der Waals surface area contributed by atoms with Gasteiger partial charge in [0.2, 0.25) is 0 Å². The summed E-state index contributed by atoms with van der Waals surface area (Å²) in [7, 11) is 1.99. The van der Waals surface area contributed by atoms with Crippen LogP contribution in [-0.2, 0) is 7.05 Å². The molecule has 0 radical (unpaired) electrons. The number of nitrogens with zero attached hydrogens (tertiary/aromatic N) is 1. The average molecular weight is 256 g/mol. The zero-order valence-corrected chi connectivity index (χ0v) is 11.4. The van der Waals surface area contributed by atoms with Gasteiger partial charge >= 0.3 is 0 Å². The van der Waals surface area contributed by atoms with Gasteiger partial charge in [-0.1, -0.05) is 37.5 Å². The molecule has 0 unspecified atom stereocenters. The van der Waals surface area contributed by atoms with Crippen molar-refractivity contribution in [3.05, 3.63) is 36.0 Å². The van der Waals surface area contributed by atoms with Gasteiger partial charge in [0.05, 0.1) is 5.56 Å². The Morgan fingerprint density at radius 2 is 1.95 bits per heavy atom. The number of carbonyl (C=O) groups is 1. The number of para-hydroxylation sites is 1. The zero-order valence-electron chi connectivity index (χ0n) is 11.4. The molecule has 0 saturated heterocycles. The van der Waals surface area contributed by atoms with Crippen LogP contribution in [0.1, 0.15) is 42.5 Å². The number of aryl methyl sites for hydroxylation is 1. The Balaban J connectivity index is 1.85. The van der Waals surface area contributed by atoms with Crippen molar-refractivity contribution in [3.63, 3.8) is 0 Å². The molecule has 0 atom stereocenters. The van der Waals surface area contributed by atoms with Crippen LogP contribution in [0.4, 0.5) is 0 Å². The van der Waals surface area contributed by atoms with Crippen molar-refractivity contribution >= 4 is 16.8 Å². The van der Waals surface area contributed by atoms with Crippen molar-refractivity contribution in [2.24, 2.45) is 7.05 Å². The molecule has 19 heavy (non-hydrogen) atoms. The van der Waals surface area contributed by atoms with Crippen molar-refractivity contribution in [1.82, 2.24) is 9.88 Å². The standard InChI is InChI=1S/C16H20N2O/c1-18-11-14(13-9-5-6-10-15(13)18)16(19)17-12-7-3-2-4-8-12/h5-6,9-12H,2-4,7-8H2,1H3,(H,17,19). The molecule has 1 fully saturated rings. The molecule has 1 saturated carbocycles. The number of fused-ring (bicyclic) bond motifs is 1. The minimum Gasteiger partial charge on any atom is -0.350 e. The molecule has 3 heteroatoms. The van der Waals surface area contributed by atoms with Gasteiger partial charge in [0, 0.05) is 30.2 Å². The molecule has 1 aromatic heterocycles. The SMILES string of the molecule is Cn1cc(C(=O)NC2CCCCC2)c2ccccc21. The molecular formula is C16H20N2O. The highest BCUT2D eigenvalue weighted by atomic mass is 16.1.